The zero-order valence-electron chi connectivity index (χ0n) is 11.3. The number of rotatable bonds is 5. The van der Waals surface area contributed by atoms with Crippen molar-refractivity contribution in [2.24, 2.45) is 5.73 Å². The normalized spacial score (nSPS) is 10.5. The Balaban J connectivity index is 1.94. The Morgan fingerprint density at radius 1 is 1.15 bits per heavy atom. The maximum absolute atomic E-state index is 13.1. The highest BCUT2D eigenvalue weighted by Crippen LogP contribution is 2.09. The van der Waals surface area contributed by atoms with Crippen LogP contribution >= 0.6 is 0 Å². The molecule has 20 heavy (non-hydrogen) atoms. The Hall–Kier alpha value is -2.20. The molecule has 0 unspecified atom stereocenters. The summed E-state index contributed by atoms with van der Waals surface area (Å²) in [6, 6.07) is 12.2. The first kappa shape index (κ1) is 14.2. The third-order valence-electron chi connectivity index (χ3n) is 3.09. The molecule has 0 saturated heterocycles. The molecule has 0 heterocycles. The molecule has 2 aromatic carbocycles. The molecule has 104 valence electrons. The molecule has 3 nitrogen and oxygen atoms in total. The van der Waals surface area contributed by atoms with Gasteiger partial charge in [-0.05, 0) is 41.8 Å². The number of halogens is 1. The van der Waals surface area contributed by atoms with Gasteiger partial charge in [-0.2, -0.15) is 0 Å². The van der Waals surface area contributed by atoms with E-state index < -0.39 is 5.91 Å². The standard InChI is InChI=1S/C16H17FN2O/c1-11-7-13(5-6-15(11)17)10-19-9-12-3-2-4-14(8-12)16(18)20/h2-8,19H,9-10H2,1H3,(H2,18,20). The molecule has 0 fully saturated rings. The molecule has 0 spiro atoms. The molecule has 0 radical (unpaired) electrons. The van der Waals surface area contributed by atoms with Crippen LogP contribution in [0.3, 0.4) is 0 Å². The van der Waals surface area contributed by atoms with Crippen LogP contribution in [0.5, 0.6) is 0 Å². The first-order valence-electron chi connectivity index (χ1n) is 6.41. The molecule has 0 aliphatic heterocycles. The van der Waals surface area contributed by atoms with Crippen molar-refractivity contribution >= 4 is 5.91 Å². The second-order valence-electron chi connectivity index (χ2n) is 4.75. The second-order valence-corrected chi connectivity index (χ2v) is 4.75. The SMILES string of the molecule is Cc1cc(CNCc2cccc(C(N)=O)c2)ccc1F. The zero-order valence-corrected chi connectivity index (χ0v) is 11.3. The minimum atomic E-state index is -0.430. The van der Waals surface area contributed by atoms with E-state index in [1.807, 2.05) is 12.1 Å². The Kier molecular flexibility index (Phi) is 4.48. The molecular formula is C16H17FN2O. The van der Waals surface area contributed by atoms with E-state index >= 15 is 0 Å². The van der Waals surface area contributed by atoms with Crippen LogP contribution in [0.1, 0.15) is 27.0 Å². The first-order valence-corrected chi connectivity index (χ1v) is 6.41. The largest absolute Gasteiger partial charge is 0.366 e. The molecule has 0 bridgehead atoms. The summed E-state index contributed by atoms with van der Waals surface area (Å²) < 4.78 is 13.1. The molecule has 4 heteroatoms. The fourth-order valence-electron chi connectivity index (χ4n) is 2.00. The number of nitrogens with one attached hydrogen (secondary N) is 1. The summed E-state index contributed by atoms with van der Waals surface area (Å²) in [6.45, 7) is 3.01. The van der Waals surface area contributed by atoms with E-state index in [1.54, 1.807) is 31.2 Å². The van der Waals surface area contributed by atoms with Gasteiger partial charge in [-0.1, -0.05) is 24.3 Å². The van der Waals surface area contributed by atoms with Gasteiger partial charge < -0.3 is 11.1 Å². The van der Waals surface area contributed by atoms with Crippen LogP contribution < -0.4 is 11.1 Å². The third-order valence-corrected chi connectivity index (χ3v) is 3.09. The molecule has 2 rings (SSSR count). The summed E-state index contributed by atoms with van der Waals surface area (Å²) in [5.74, 6) is -0.621. The van der Waals surface area contributed by atoms with Crippen LogP contribution in [0.25, 0.3) is 0 Å². The predicted octanol–water partition coefficient (Wildman–Crippen LogP) is 2.52. The Labute approximate surface area is 117 Å². The summed E-state index contributed by atoms with van der Waals surface area (Å²) in [5, 5.41) is 3.26. The highest BCUT2D eigenvalue weighted by Gasteiger charge is 2.02. The van der Waals surface area contributed by atoms with E-state index in [4.69, 9.17) is 5.73 Å². The van der Waals surface area contributed by atoms with Gasteiger partial charge >= 0.3 is 0 Å². The number of carbonyl (C=O) groups excluding carboxylic acids is 1. The molecule has 0 atom stereocenters. The molecule has 3 N–H and O–H groups in total. The second kappa shape index (κ2) is 6.30. The molecular weight excluding hydrogens is 255 g/mol. The molecule has 0 aromatic heterocycles. The van der Waals surface area contributed by atoms with Crippen molar-refractivity contribution in [3.63, 3.8) is 0 Å². The highest BCUT2D eigenvalue weighted by molar-refractivity contribution is 5.92. The summed E-state index contributed by atoms with van der Waals surface area (Å²) in [6.07, 6.45) is 0. The topological polar surface area (TPSA) is 55.1 Å². The lowest BCUT2D eigenvalue weighted by molar-refractivity contribution is 0.1000. The molecule has 0 saturated carbocycles. The molecule has 2 aromatic rings. The van der Waals surface area contributed by atoms with E-state index in [9.17, 15) is 9.18 Å². The predicted molar refractivity (Wildman–Crippen MR) is 76.6 cm³/mol. The number of hydrogen-bond acceptors (Lipinski definition) is 2. The number of carbonyl (C=O) groups is 1. The summed E-state index contributed by atoms with van der Waals surface area (Å²) in [7, 11) is 0. The molecule has 1 amide bonds. The molecule has 0 aliphatic rings. The van der Waals surface area contributed by atoms with Crippen LogP contribution in [0.4, 0.5) is 4.39 Å². The van der Waals surface area contributed by atoms with Gasteiger partial charge in [0, 0.05) is 18.7 Å². The van der Waals surface area contributed by atoms with Gasteiger partial charge in [0.15, 0.2) is 0 Å². The minimum absolute atomic E-state index is 0.192. The number of primary amides is 1. The average Bonchev–Trinajstić information content (AvgIpc) is 2.43. The first-order chi connectivity index (χ1) is 9.56. The van der Waals surface area contributed by atoms with Gasteiger partial charge in [-0.25, -0.2) is 4.39 Å². The van der Waals surface area contributed by atoms with Crippen molar-refractivity contribution in [2.45, 2.75) is 20.0 Å². The van der Waals surface area contributed by atoms with Crippen LogP contribution in [0.15, 0.2) is 42.5 Å². The van der Waals surface area contributed by atoms with E-state index in [-0.39, 0.29) is 5.82 Å². The Morgan fingerprint density at radius 2 is 1.85 bits per heavy atom. The van der Waals surface area contributed by atoms with Crippen molar-refractivity contribution < 1.29 is 9.18 Å². The van der Waals surface area contributed by atoms with Crippen molar-refractivity contribution in [3.05, 3.63) is 70.5 Å². The van der Waals surface area contributed by atoms with Crippen LogP contribution in [-0.2, 0) is 13.1 Å². The van der Waals surface area contributed by atoms with Gasteiger partial charge in [0.05, 0.1) is 0 Å². The van der Waals surface area contributed by atoms with Gasteiger partial charge in [-0.3, -0.25) is 4.79 Å². The van der Waals surface area contributed by atoms with Gasteiger partial charge in [0.2, 0.25) is 5.91 Å². The Bertz CT molecular complexity index is 626. The number of hydrogen-bond donors (Lipinski definition) is 2. The number of aryl methyl sites for hydroxylation is 1. The summed E-state index contributed by atoms with van der Waals surface area (Å²) in [4.78, 5) is 11.1. The zero-order chi connectivity index (χ0) is 14.5. The van der Waals surface area contributed by atoms with E-state index in [0.29, 0.717) is 24.2 Å². The van der Waals surface area contributed by atoms with E-state index in [2.05, 4.69) is 5.32 Å². The van der Waals surface area contributed by atoms with E-state index in [1.165, 1.54) is 6.07 Å². The maximum atomic E-state index is 13.1. The lowest BCUT2D eigenvalue weighted by Crippen LogP contribution is -2.15. The van der Waals surface area contributed by atoms with E-state index in [0.717, 1.165) is 11.1 Å². The quantitative estimate of drug-likeness (QED) is 0.878. The molecule has 0 aliphatic carbocycles. The summed E-state index contributed by atoms with van der Waals surface area (Å²) >= 11 is 0. The minimum Gasteiger partial charge on any atom is -0.366 e. The fourth-order valence-corrected chi connectivity index (χ4v) is 2.00. The van der Waals surface area contributed by atoms with Crippen molar-refractivity contribution in [2.75, 3.05) is 0 Å². The monoisotopic (exact) mass is 272 g/mol. The smallest absolute Gasteiger partial charge is 0.248 e. The third kappa shape index (κ3) is 3.65. The number of benzene rings is 2. The Morgan fingerprint density at radius 3 is 2.50 bits per heavy atom. The van der Waals surface area contributed by atoms with Crippen molar-refractivity contribution in [1.29, 1.82) is 0 Å². The number of nitrogens with two attached hydrogens (primary N) is 1. The maximum Gasteiger partial charge on any atom is 0.248 e. The lowest BCUT2D eigenvalue weighted by atomic mass is 10.1. The summed E-state index contributed by atoms with van der Waals surface area (Å²) in [5.41, 5.74) is 8.39. The van der Waals surface area contributed by atoms with Gasteiger partial charge in [-0.15, -0.1) is 0 Å². The number of amides is 1. The van der Waals surface area contributed by atoms with Crippen LogP contribution in [-0.4, -0.2) is 5.91 Å². The van der Waals surface area contributed by atoms with Crippen molar-refractivity contribution in [1.82, 2.24) is 5.32 Å². The van der Waals surface area contributed by atoms with Gasteiger partial charge in [0.25, 0.3) is 0 Å². The highest BCUT2D eigenvalue weighted by atomic mass is 19.1. The average molecular weight is 272 g/mol. The fraction of sp³-hybridized carbons (Fsp3) is 0.188. The van der Waals surface area contributed by atoms with Crippen LogP contribution in [0, 0.1) is 12.7 Å². The van der Waals surface area contributed by atoms with Crippen molar-refractivity contribution in [3.8, 4) is 0 Å². The lowest BCUT2D eigenvalue weighted by Gasteiger charge is -2.07. The van der Waals surface area contributed by atoms with Crippen LogP contribution in [0.2, 0.25) is 0 Å². The van der Waals surface area contributed by atoms with Gasteiger partial charge in [0.1, 0.15) is 5.82 Å².